The first kappa shape index (κ1) is 23.2. The van der Waals surface area contributed by atoms with Crippen LogP contribution in [-0.4, -0.2) is 30.1 Å². The molecule has 0 fully saturated rings. The first-order valence-electron chi connectivity index (χ1n) is 10.7. The summed E-state index contributed by atoms with van der Waals surface area (Å²) in [5, 5.41) is 15.3. The molecule has 1 N–H and O–H groups in total. The van der Waals surface area contributed by atoms with Gasteiger partial charge in [0.2, 0.25) is 0 Å². The standard InChI is InChI=1S/C23H23ClN6O4/c1-5-27-20-10-18(19(30(33)34)11-21(20)28(6-2)23(27)32)25-12-16-14(4)26-29(22(16)31)15-8-7-13(3)17(24)9-15/h7-12,26H,5-6H2,1-4H3. The number of aryl methyl sites for hydroxylation is 4. The smallest absolute Gasteiger partial charge is 0.295 e. The molecule has 0 aliphatic carbocycles. The molecule has 0 atom stereocenters. The van der Waals surface area contributed by atoms with Gasteiger partial charge in [-0.15, -0.1) is 0 Å². The first-order chi connectivity index (χ1) is 16.2. The maximum atomic E-state index is 13.0. The number of fused-ring (bicyclic) bond motifs is 1. The topological polar surface area (TPSA) is 120 Å². The molecule has 0 aliphatic heterocycles. The molecule has 0 unspecified atom stereocenters. The Morgan fingerprint density at radius 2 is 1.74 bits per heavy atom. The molecule has 34 heavy (non-hydrogen) atoms. The number of nitrogens with one attached hydrogen (secondary N) is 1. The molecule has 4 aromatic rings. The Balaban J connectivity index is 1.85. The van der Waals surface area contributed by atoms with Gasteiger partial charge in [-0.2, -0.15) is 0 Å². The summed E-state index contributed by atoms with van der Waals surface area (Å²) in [7, 11) is 0. The van der Waals surface area contributed by atoms with E-state index in [4.69, 9.17) is 11.6 Å². The highest BCUT2D eigenvalue weighted by molar-refractivity contribution is 6.31. The van der Waals surface area contributed by atoms with E-state index in [1.54, 1.807) is 26.0 Å². The van der Waals surface area contributed by atoms with Crippen molar-refractivity contribution in [1.29, 1.82) is 0 Å². The molecule has 11 heteroatoms. The van der Waals surface area contributed by atoms with Crippen LogP contribution in [0.4, 0.5) is 11.4 Å². The second kappa shape index (κ2) is 8.79. The number of hydrogen-bond donors (Lipinski definition) is 1. The summed E-state index contributed by atoms with van der Waals surface area (Å²) in [6.07, 6.45) is 1.31. The lowest BCUT2D eigenvalue weighted by molar-refractivity contribution is -0.383. The van der Waals surface area contributed by atoms with Crippen LogP contribution < -0.4 is 11.2 Å². The number of aliphatic imine (C=N–C) groups is 1. The normalized spacial score (nSPS) is 11.7. The van der Waals surface area contributed by atoms with Gasteiger partial charge in [0.25, 0.3) is 11.2 Å². The third-order valence-electron chi connectivity index (χ3n) is 5.81. The largest absolute Gasteiger partial charge is 0.329 e. The van der Waals surface area contributed by atoms with Crippen molar-refractivity contribution in [3.8, 4) is 5.69 Å². The van der Waals surface area contributed by atoms with E-state index >= 15 is 0 Å². The number of halogens is 1. The number of rotatable bonds is 6. The van der Waals surface area contributed by atoms with Crippen LogP contribution >= 0.6 is 11.6 Å². The molecule has 2 heterocycles. The number of nitro benzene ring substituents is 1. The number of imidazole rings is 1. The van der Waals surface area contributed by atoms with Crippen molar-refractivity contribution in [1.82, 2.24) is 18.9 Å². The van der Waals surface area contributed by atoms with Crippen LogP contribution in [0.5, 0.6) is 0 Å². The van der Waals surface area contributed by atoms with Crippen molar-refractivity contribution in [2.75, 3.05) is 0 Å². The SMILES string of the molecule is CCn1c(=O)n(CC)c2cc([N+](=O)[O-])c(N=Cc3c(C)[nH]n(-c4ccc(C)c(Cl)c4)c3=O)cc21. The van der Waals surface area contributed by atoms with E-state index in [0.29, 0.717) is 40.5 Å². The Bertz CT molecular complexity index is 1590. The number of aromatic amines is 1. The third kappa shape index (κ3) is 3.75. The second-order valence-electron chi connectivity index (χ2n) is 7.84. The van der Waals surface area contributed by atoms with Crippen molar-refractivity contribution in [3.63, 3.8) is 0 Å². The highest BCUT2D eigenvalue weighted by Gasteiger charge is 2.21. The predicted molar refractivity (Wildman–Crippen MR) is 132 cm³/mol. The fraction of sp³-hybridized carbons (Fsp3) is 0.261. The van der Waals surface area contributed by atoms with Crippen LogP contribution in [0.1, 0.15) is 30.7 Å². The number of nitrogens with zero attached hydrogens (tertiary/aromatic N) is 5. The van der Waals surface area contributed by atoms with Crippen LogP contribution in [0.2, 0.25) is 5.02 Å². The van der Waals surface area contributed by atoms with E-state index < -0.39 is 4.92 Å². The summed E-state index contributed by atoms with van der Waals surface area (Å²) in [6, 6.07) is 8.12. The third-order valence-corrected chi connectivity index (χ3v) is 6.21. The first-order valence-corrected chi connectivity index (χ1v) is 11.1. The molecular formula is C23H23ClN6O4. The Hall–Kier alpha value is -3.92. The van der Waals surface area contributed by atoms with Crippen molar-refractivity contribution in [2.45, 2.75) is 40.8 Å². The fourth-order valence-corrected chi connectivity index (χ4v) is 4.12. The van der Waals surface area contributed by atoms with Gasteiger partial charge in [-0.05, 0) is 51.5 Å². The maximum Gasteiger partial charge on any atom is 0.329 e. The molecule has 10 nitrogen and oxygen atoms in total. The van der Waals surface area contributed by atoms with Crippen molar-refractivity contribution in [3.05, 3.63) is 83.1 Å². The Labute approximate surface area is 198 Å². The summed E-state index contributed by atoms with van der Waals surface area (Å²) < 4.78 is 4.37. The molecule has 2 aromatic heterocycles. The van der Waals surface area contributed by atoms with Crippen LogP contribution in [0.15, 0.2) is 44.9 Å². The van der Waals surface area contributed by atoms with Gasteiger partial charge in [-0.3, -0.25) is 29.1 Å². The average molecular weight is 483 g/mol. The molecule has 0 spiro atoms. The lowest BCUT2D eigenvalue weighted by Gasteiger charge is -2.04. The zero-order chi connectivity index (χ0) is 24.7. The van der Waals surface area contributed by atoms with Gasteiger partial charge in [0, 0.05) is 36.1 Å². The summed E-state index contributed by atoms with van der Waals surface area (Å²) in [4.78, 5) is 41.2. The number of aromatic nitrogens is 4. The quantitative estimate of drug-likeness (QED) is 0.251. The van der Waals surface area contributed by atoms with Crippen LogP contribution in [0.3, 0.4) is 0 Å². The number of hydrogen-bond acceptors (Lipinski definition) is 5. The highest BCUT2D eigenvalue weighted by atomic mass is 35.5. The minimum atomic E-state index is -0.545. The van der Waals surface area contributed by atoms with Crippen LogP contribution in [0, 0.1) is 24.0 Å². The average Bonchev–Trinajstić information content (AvgIpc) is 3.24. The molecular weight excluding hydrogens is 460 g/mol. The second-order valence-corrected chi connectivity index (χ2v) is 8.25. The van der Waals surface area contributed by atoms with Crippen LogP contribution in [-0.2, 0) is 13.1 Å². The lowest BCUT2D eigenvalue weighted by Crippen LogP contribution is -2.23. The Morgan fingerprint density at radius 1 is 1.09 bits per heavy atom. The molecule has 2 aromatic carbocycles. The predicted octanol–water partition coefficient (Wildman–Crippen LogP) is 4.25. The molecule has 0 radical (unpaired) electrons. The molecule has 176 valence electrons. The summed E-state index contributed by atoms with van der Waals surface area (Å²) in [5.41, 5.74) is 2.44. The van der Waals surface area contributed by atoms with E-state index in [9.17, 15) is 19.7 Å². The van der Waals surface area contributed by atoms with Crippen molar-refractivity contribution in [2.24, 2.45) is 4.99 Å². The summed E-state index contributed by atoms with van der Waals surface area (Å²) in [5.74, 6) is 0. The molecule has 0 saturated carbocycles. The van der Waals surface area contributed by atoms with Crippen LogP contribution in [0.25, 0.3) is 16.7 Å². The Kier molecular flexibility index (Phi) is 6.01. The Morgan fingerprint density at radius 3 is 2.32 bits per heavy atom. The number of nitro groups is 1. The minimum Gasteiger partial charge on any atom is -0.295 e. The molecule has 0 bridgehead atoms. The zero-order valence-electron chi connectivity index (χ0n) is 19.1. The molecule has 0 saturated heterocycles. The maximum absolute atomic E-state index is 13.0. The highest BCUT2D eigenvalue weighted by Crippen LogP contribution is 2.32. The monoisotopic (exact) mass is 482 g/mol. The van der Waals surface area contributed by atoms with E-state index in [0.717, 1.165) is 5.56 Å². The van der Waals surface area contributed by atoms with Gasteiger partial charge in [-0.25, -0.2) is 14.5 Å². The molecule has 4 rings (SSSR count). The van der Waals surface area contributed by atoms with E-state index in [1.807, 2.05) is 19.9 Å². The van der Waals surface area contributed by atoms with Gasteiger partial charge in [0.05, 0.1) is 27.2 Å². The zero-order valence-corrected chi connectivity index (χ0v) is 19.9. The van der Waals surface area contributed by atoms with Crippen molar-refractivity contribution < 1.29 is 4.92 Å². The van der Waals surface area contributed by atoms with Crippen molar-refractivity contribution >= 4 is 40.2 Å². The van der Waals surface area contributed by atoms with Gasteiger partial charge >= 0.3 is 5.69 Å². The van der Waals surface area contributed by atoms with E-state index in [2.05, 4.69) is 10.1 Å². The van der Waals surface area contributed by atoms with E-state index in [1.165, 1.54) is 32.2 Å². The molecule has 0 aliphatic rings. The van der Waals surface area contributed by atoms with Gasteiger partial charge in [0.1, 0.15) is 5.69 Å². The summed E-state index contributed by atoms with van der Waals surface area (Å²) in [6.45, 7) is 8.00. The minimum absolute atomic E-state index is 0.0536. The number of benzene rings is 2. The van der Waals surface area contributed by atoms with Gasteiger partial charge in [-0.1, -0.05) is 17.7 Å². The fourth-order valence-electron chi connectivity index (χ4n) is 3.95. The molecule has 0 amide bonds. The van der Waals surface area contributed by atoms with Gasteiger partial charge < -0.3 is 0 Å². The van der Waals surface area contributed by atoms with Gasteiger partial charge in [0.15, 0.2) is 0 Å². The lowest BCUT2D eigenvalue weighted by atomic mass is 10.2. The van der Waals surface area contributed by atoms with E-state index in [-0.39, 0.29) is 28.2 Å². The summed E-state index contributed by atoms with van der Waals surface area (Å²) >= 11 is 6.20. The number of H-pyrrole nitrogens is 1.